The first-order chi connectivity index (χ1) is 7.59. The molecule has 2 rings (SSSR count). The van der Waals surface area contributed by atoms with Gasteiger partial charge in [0.05, 0.1) is 0 Å². The van der Waals surface area contributed by atoms with E-state index in [4.69, 9.17) is 5.73 Å². The molecule has 2 atom stereocenters. The Kier molecular flexibility index (Phi) is 3.20. The van der Waals surface area contributed by atoms with Crippen molar-refractivity contribution in [1.82, 2.24) is 4.90 Å². The molecule has 1 aliphatic carbocycles. The fraction of sp³-hybridized carbons (Fsp3) is 0.571. The molecule has 1 fully saturated rings. The second-order valence-corrected chi connectivity index (χ2v) is 5.09. The standard InChI is InChI=1S/C14H22N2/c1-10(12-4-5-12)16(3)11(2)13-6-8-14(15)9-7-13/h6-12H,4-5,15H2,1-3H3. The highest BCUT2D eigenvalue weighted by Crippen LogP contribution is 2.37. The Balaban J connectivity index is 2.05. The Morgan fingerprint density at radius 2 is 1.75 bits per heavy atom. The van der Waals surface area contributed by atoms with Crippen molar-refractivity contribution in [3.63, 3.8) is 0 Å². The fourth-order valence-corrected chi connectivity index (χ4v) is 2.27. The second-order valence-electron chi connectivity index (χ2n) is 5.09. The number of nitrogens with zero attached hydrogens (tertiary/aromatic N) is 1. The molecule has 2 N–H and O–H groups in total. The maximum Gasteiger partial charge on any atom is 0.0319 e. The molecule has 1 saturated carbocycles. The SMILES string of the molecule is CC(c1ccc(N)cc1)N(C)C(C)C1CC1. The van der Waals surface area contributed by atoms with E-state index in [9.17, 15) is 0 Å². The lowest BCUT2D eigenvalue weighted by Crippen LogP contribution is -2.33. The van der Waals surface area contributed by atoms with Gasteiger partial charge >= 0.3 is 0 Å². The lowest BCUT2D eigenvalue weighted by molar-refractivity contribution is 0.179. The van der Waals surface area contributed by atoms with Crippen LogP contribution in [0.15, 0.2) is 24.3 Å². The number of nitrogen functional groups attached to an aromatic ring is 1. The first kappa shape index (κ1) is 11.5. The highest BCUT2D eigenvalue weighted by Gasteiger charge is 2.32. The molecule has 1 aliphatic rings. The zero-order chi connectivity index (χ0) is 11.7. The van der Waals surface area contributed by atoms with Gasteiger partial charge in [0.2, 0.25) is 0 Å². The van der Waals surface area contributed by atoms with E-state index in [2.05, 4.69) is 37.9 Å². The predicted molar refractivity (Wildman–Crippen MR) is 69.2 cm³/mol. The van der Waals surface area contributed by atoms with Gasteiger partial charge in [-0.1, -0.05) is 12.1 Å². The Morgan fingerprint density at radius 1 is 1.19 bits per heavy atom. The predicted octanol–water partition coefficient (Wildman–Crippen LogP) is 3.06. The third-order valence-corrected chi connectivity index (χ3v) is 3.98. The van der Waals surface area contributed by atoms with Gasteiger partial charge in [-0.05, 0) is 57.4 Å². The zero-order valence-electron chi connectivity index (χ0n) is 10.5. The maximum atomic E-state index is 5.71. The van der Waals surface area contributed by atoms with E-state index in [0.717, 1.165) is 11.6 Å². The number of hydrogen-bond acceptors (Lipinski definition) is 2. The molecule has 0 radical (unpaired) electrons. The van der Waals surface area contributed by atoms with Crippen LogP contribution in [0.1, 0.15) is 38.3 Å². The number of hydrogen-bond donors (Lipinski definition) is 1. The van der Waals surface area contributed by atoms with Gasteiger partial charge in [0.25, 0.3) is 0 Å². The van der Waals surface area contributed by atoms with Crippen molar-refractivity contribution >= 4 is 5.69 Å². The van der Waals surface area contributed by atoms with Crippen LogP contribution >= 0.6 is 0 Å². The molecule has 16 heavy (non-hydrogen) atoms. The van der Waals surface area contributed by atoms with Crippen LogP contribution in [-0.4, -0.2) is 18.0 Å². The fourth-order valence-electron chi connectivity index (χ4n) is 2.27. The van der Waals surface area contributed by atoms with Gasteiger partial charge in [-0.2, -0.15) is 0 Å². The van der Waals surface area contributed by atoms with Crippen LogP contribution in [0.4, 0.5) is 5.69 Å². The number of rotatable bonds is 4. The molecular weight excluding hydrogens is 196 g/mol. The largest absolute Gasteiger partial charge is 0.399 e. The minimum Gasteiger partial charge on any atom is -0.399 e. The number of anilines is 1. The number of benzene rings is 1. The Hall–Kier alpha value is -1.02. The average Bonchev–Trinajstić information content (AvgIpc) is 3.11. The Bertz CT molecular complexity index is 340. The van der Waals surface area contributed by atoms with E-state index in [1.165, 1.54) is 18.4 Å². The summed E-state index contributed by atoms with van der Waals surface area (Å²) in [6, 6.07) is 9.40. The molecule has 88 valence electrons. The molecule has 0 spiro atoms. The number of nitrogens with two attached hydrogens (primary N) is 1. The van der Waals surface area contributed by atoms with Crippen LogP contribution in [0, 0.1) is 5.92 Å². The summed E-state index contributed by atoms with van der Waals surface area (Å²) in [7, 11) is 2.23. The van der Waals surface area contributed by atoms with Gasteiger partial charge < -0.3 is 5.73 Å². The summed E-state index contributed by atoms with van der Waals surface area (Å²) in [5.74, 6) is 0.918. The van der Waals surface area contributed by atoms with Crippen molar-refractivity contribution in [2.24, 2.45) is 5.92 Å². The third kappa shape index (κ3) is 2.38. The Labute approximate surface area is 98.4 Å². The van der Waals surface area contributed by atoms with E-state index >= 15 is 0 Å². The molecule has 1 aromatic rings. The van der Waals surface area contributed by atoms with Crippen molar-refractivity contribution in [2.75, 3.05) is 12.8 Å². The van der Waals surface area contributed by atoms with Crippen LogP contribution in [0.2, 0.25) is 0 Å². The van der Waals surface area contributed by atoms with E-state index in [1.54, 1.807) is 0 Å². The zero-order valence-corrected chi connectivity index (χ0v) is 10.5. The van der Waals surface area contributed by atoms with Crippen LogP contribution in [-0.2, 0) is 0 Å². The molecule has 2 unspecified atom stereocenters. The highest BCUT2D eigenvalue weighted by atomic mass is 15.2. The molecule has 0 bridgehead atoms. The summed E-state index contributed by atoms with van der Waals surface area (Å²) in [5, 5.41) is 0. The summed E-state index contributed by atoms with van der Waals surface area (Å²) >= 11 is 0. The monoisotopic (exact) mass is 218 g/mol. The molecule has 2 heteroatoms. The summed E-state index contributed by atoms with van der Waals surface area (Å²) in [5.41, 5.74) is 7.90. The van der Waals surface area contributed by atoms with E-state index in [0.29, 0.717) is 12.1 Å². The lowest BCUT2D eigenvalue weighted by atomic mass is 10.0. The summed E-state index contributed by atoms with van der Waals surface area (Å²) in [6.07, 6.45) is 2.81. The normalized spacial score (nSPS) is 19.8. The second kappa shape index (κ2) is 4.46. The van der Waals surface area contributed by atoms with Crippen molar-refractivity contribution in [2.45, 2.75) is 38.8 Å². The van der Waals surface area contributed by atoms with Gasteiger partial charge in [0, 0.05) is 17.8 Å². The minimum absolute atomic E-state index is 0.469. The molecule has 1 aromatic carbocycles. The average molecular weight is 218 g/mol. The third-order valence-electron chi connectivity index (χ3n) is 3.98. The van der Waals surface area contributed by atoms with Crippen molar-refractivity contribution in [3.05, 3.63) is 29.8 Å². The molecular formula is C14H22N2. The summed E-state index contributed by atoms with van der Waals surface area (Å²) < 4.78 is 0. The van der Waals surface area contributed by atoms with Crippen LogP contribution in [0.5, 0.6) is 0 Å². The van der Waals surface area contributed by atoms with Crippen molar-refractivity contribution in [1.29, 1.82) is 0 Å². The van der Waals surface area contributed by atoms with Gasteiger partial charge in [-0.3, -0.25) is 4.90 Å². The van der Waals surface area contributed by atoms with E-state index in [1.807, 2.05) is 12.1 Å². The molecule has 0 heterocycles. The van der Waals surface area contributed by atoms with Gasteiger partial charge in [0.15, 0.2) is 0 Å². The first-order valence-corrected chi connectivity index (χ1v) is 6.17. The highest BCUT2D eigenvalue weighted by molar-refractivity contribution is 5.40. The van der Waals surface area contributed by atoms with Gasteiger partial charge in [-0.25, -0.2) is 0 Å². The minimum atomic E-state index is 0.469. The van der Waals surface area contributed by atoms with Crippen LogP contribution in [0.3, 0.4) is 0 Å². The first-order valence-electron chi connectivity index (χ1n) is 6.17. The molecule has 0 saturated heterocycles. The van der Waals surface area contributed by atoms with Crippen molar-refractivity contribution < 1.29 is 0 Å². The van der Waals surface area contributed by atoms with Crippen LogP contribution in [0.25, 0.3) is 0 Å². The van der Waals surface area contributed by atoms with Gasteiger partial charge in [-0.15, -0.1) is 0 Å². The summed E-state index contributed by atoms with van der Waals surface area (Å²) in [4.78, 5) is 2.48. The molecule has 0 amide bonds. The van der Waals surface area contributed by atoms with Crippen LogP contribution < -0.4 is 5.73 Å². The molecule has 0 aliphatic heterocycles. The van der Waals surface area contributed by atoms with E-state index < -0.39 is 0 Å². The topological polar surface area (TPSA) is 29.3 Å². The molecule has 0 aromatic heterocycles. The lowest BCUT2D eigenvalue weighted by Gasteiger charge is -2.31. The smallest absolute Gasteiger partial charge is 0.0319 e. The van der Waals surface area contributed by atoms with Crippen molar-refractivity contribution in [3.8, 4) is 0 Å². The molecule has 2 nitrogen and oxygen atoms in total. The quantitative estimate of drug-likeness (QED) is 0.787. The van der Waals surface area contributed by atoms with E-state index in [-0.39, 0.29) is 0 Å². The maximum absolute atomic E-state index is 5.71. The summed E-state index contributed by atoms with van der Waals surface area (Å²) in [6.45, 7) is 4.61. The Morgan fingerprint density at radius 3 is 2.25 bits per heavy atom. The van der Waals surface area contributed by atoms with Gasteiger partial charge in [0.1, 0.15) is 0 Å².